The van der Waals surface area contributed by atoms with Gasteiger partial charge in [-0.05, 0) is 44.0 Å². The molecule has 1 fully saturated rings. The van der Waals surface area contributed by atoms with Gasteiger partial charge < -0.3 is 9.84 Å². The van der Waals surface area contributed by atoms with Crippen LogP contribution in [0.5, 0.6) is 0 Å². The number of nitrogens with one attached hydrogen (secondary N) is 1. The van der Waals surface area contributed by atoms with Crippen molar-refractivity contribution >= 4 is 5.91 Å². The predicted molar refractivity (Wildman–Crippen MR) is 102 cm³/mol. The van der Waals surface area contributed by atoms with Crippen molar-refractivity contribution in [3.8, 4) is 0 Å². The third-order valence-corrected chi connectivity index (χ3v) is 4.97. The van der Waals surface area contributed by atoms with Gasteiger partial charge in [0.2, 0.25) is 0 Å². The second-order valence-corrected chi connectivity index (χ2v) is 7.50. The summed E-state index contributed by atoms with van der Waals surface area (Å²) in [6.07, 6.45) is 3.98. The van der Waals surface area contributed by atoms with Gasteiger partial charge in [0.05, 0.1) is 5.69 Å². The van der Waals surface area contributed by atoms with Crippen molar-refractivity contribution in [2.24, 2.45) is 0 Å². The number of nitrogens with zero attached hydrogens (tertiary/aromatic N) is 2. The lowest BCUT2D eigenvalue weighted by Crippen LogP contribution is -2.29. The number of aryl methyl sites for hydroxylation is 1. The Bertz CT molecular complexity index is 728. The Morgan fingerprint density at radius 3 is 2.46 bits per heavy atom. The van der Waals surface area contributed by atoms with E-state index in [4.69, 9.17) is 4.52 Å². The number of benzene rings is 1. The summed E-state index contributed by atoms with van der Waals surface area (Å²) >= 11 is 0. The first-order valence-electron chi connectivity index (χ1n) is 9.59. The maximum absolute atomic E-state index is 12.5. The normalized spacial score (nSPS) is 15.4. The third-order valence-electron chi connectivity index (χ3n) is 4.97. The van der Waals surface area contributed by atoms with E-state index in [1.54, 1.807) is 6.92 Å². The van der Waals surface area contributed by atoms with Crippen molar-refractivity contribution in [1.29, 1.82) is 0 Å². The van der Waals surface area contributed by atoms with Gasteiger partial charge in [0.25, 0.3) is 5.91 Å². The first-order valence-corrected chi connectivity index (χ1v) is 9.59. The standard InChI is InChI=1S/C21H29N3O2/c1-15(2)20-19(16(3)23-26-20)21(25)22-13-17-7-9-18(10-8-17)14-24-11-5-4-6-12-24/h7-10,15H,4-6,11-14H2,1-3H3,(H,22,25). The van der Waals surface area contributed by atoms with E-state index < -0.39 is 0 Å². The van der Waals surface area contributed by atoms with Crippen LogP contribution in [0.15, 0.2) is 28.8 Å². The fraction of sp³-hybridized carbons (Fsp3) is 0.524. The predicted octanol–water partition coefficient (Wildman–Crippen LogP) is 4.02. The van der Waals surface area contributed by atoms with E-state index in [1.165, 1.54) is 37.9 Å². The molecule has 2 aromatic rings. The SMILES string of the molecule is Cc1noc(C(C)C)c1C(=O)NCc1ccc(CN2CCCCC2)cc1. The summed E-state index contributed by atoms with van der Waals surface area (Å²) in [6, 6.07) is 8.54. The number of carbonyl (C=O) groups excluding carboxylic acids is 1. The highest BCUT2D eigenvalue weighted by Gasteiger charge is 2.22. The molecule has 1 aromatic carbocycles. The Morgan fingerprint density at radius 1 is 1.15 bits per heavy atom. The monoisotopic (exact) mass is 355 g/mol. The van der Waals surface area contributed by atoms with E-state index in [2.05, 4.69) is 39.6 Å². The minimum absolute atomic E-state index is 0.121. The summed E-state index contributed by atoms with van der Waals surface area (Å²) in [5.74, 6) is 0.660. The molecule has 0 saturated carbocycles. The van der Waals surface area contributed by atoms with Crippen molar-refractivity contribution in [3.05, 3.63) is 52.4 Å². The van der Waals surface area contributed by atoms with E-state index in [-0.39, 0.29) is 11.8 Å². The van der Waals surface area contributed by atoms with Crippen LogP contribution in [0.3, 0.4) is 0 Å². The zero-order valence-corrected chi connectivity index (χ0v) is 16.0. The number of carbonyl (C=O) groups is 1. The molecule has 5 heteroatoms. The summed E-state index contributed by atoms with van der Waals surface area (Å²) in [7, 11) is 0. The number of rotatable bonds is 6. The topological polar surface area (TPSA) is 58.4 Å². The minimum Gasteiger partial charge on any atom is -0.360 e. The minimum atomic E-state index is -0.121. The average Bonchev–Trinajstić information content (AvgIpc) is 3.04. The zero-order valence-electron chi connectivity index (χ0n) is 16.0. The first-order chi connectivity index (χ1) is 12.5. The van der Waals surface area contributed by atoms with E-state index in [1.807, 2.05) is 13.8 Å². The number of likely N-dealkylation sites (tertiary alicyclic amines) is 1. The van der Waals surface area contributed by atoms with E-state index in [0.717, 1.165) is 12.1 Å². The van der Waals surface area contributed by atoms with E-state index in [9.17, 15) is 4.79 Å². The molecular weight excluding hydrogens is 326 g/mol. The Labute approximate surface area is 155 Å². The van der Waals surface area contributed by atoms with Crippen LogP contribution in [0.2, 0.25) is 0 Å². The summed E-state index contributed by atoms with van der Waals surface area (Å²) < 4.78 is 5.30. The van der Waals surface area contributed by atoms with Crippen molar-refractivity contribution in [3.63, 3.8) is 0 Å². The lowest BCUT2D eigenvalue weighted by Gasteiger charge is -2.26. The second kappa shape index (κ2) is 8.49. The Kier molecular flexibility index (Phi) is 6.09. The smallest absolute Gasteiger partial charge is 0.257 e. The van der Waals surface area contributed by atoms with Crippen molar-refractivity contribution < 1.29 is 9.32 Å². The highest BCUT2D eigenvalue weighted by molar-refractivity contribution is 5.96. The van der Waals surface area contributed by atoms with Crippen LogP contribution in [-0.4, -0.2) is 29.1 Å². The molecule has 0 spiro atoms. The van der Waals surface area contributed by atoms with Crippen LogP contribution in [-0.2, 0) is 13.1 Å². The van der Waals surface area contributed by atoms with Crippen LogP contribution in [0.4, 0.5) is 0 Å². The van der Waals surface area contributed by atoms with Gasteiger partial charge in [-0.15, -0.1) is 0 Å². The fourth-order valence-electron chi connectivity index (χ4n) is 3.47. The molecule has 0 unspecified atom stereocenters. The number of aromatic nitrogens is 1. The molecule has 3 rings (SSSR count). The summed E-state index contributed by atoms with van der Waals surface area (Å²) in [5, 5.41) is 6.93. The average molecular weight is 355 g/mol. The maximum atomic E-state index is 12.5. The molecule has 1 aliphatic heterocycles. The third kappa shape index (κ3) is 4.52. The van der Waals surface area contributed by atoms with Gasteiger partial charge in [-0.3, -0.25) is 9.69 Å². The first kappa shape index (κ1) is 18.6. The Hall–Kier alpha value is -2.14. The molecule has 0 aliphatic carbocycles. The van der Waals surface area contributed by atoms with Crippen LogP contribution in [0, 0.1) is 6.92 Å². The van der Waals surface area contributed by atoms with Gasteiger partial charge in [-0.1, -0.05) is 49.7 Å². The molecule has 140 valence electrons. The molecular formula is C21H29N3O2. The van der Waals surface area contributed by atoms with Crippen LogP contribution >= 0.6 is 0 Å². The lowest BCUT2D eigenvalue weighted by atomic mass is 10.0. The van der Waals surface area contributed by atoms with Crippen molar-refractivity contribution in [1.82, 2.24) is 15.4 Å². The second-order valence-electron chi connectivity index (χ2n) is 7.50. The molecule has 0 bridgehead atoms. The molecule has 0 radical (unpaired) electrons. The molecule has 2 heterocycles. The number of piperidine rings is 1. The summed E-state index contributed by atoms with van der Waals surface area (Å²) in [5.41, 5.74) is 3.64. The van der Waals surface area contributed by atoms with Gasteiger partial charge in [0.15, 0.2) is 5.76 Å². The zero-order chi connectivity index (χ0) is 18.5. The molecule has 1 aromatic heterocycles. The number of hydrogen-bond donors (Lipinski definition) is 1. The van der Waals surface area contributed by atoms with Gasteiger partial charge >= 0.3 is 0 Å². The largest absolute Gasteiger partial charge is 0.360 e. The molecule has 0 atom stereocenters. The van der Waals surface area contributed by atoms with E-state index in [0.29, 0.717) is 23.6 Å². The fourth-order valence-corrected chi connectivity index (χ4v) is 3.47. The number of amides is 1. The summed E-state index contributed by atoms with van der Waals surface area (Å²) in [6.45, 7) is 9.73. The van der Waals surface area contributed by atoms with Gasteiger partial charge in [-0.25, -0.2) is 0 Å². The molecule has 26 heavy (non-hydrogen) atoms. The van der Waals surface area contributed by atoms with Gasteiger partial charge in [-0.2, -0.15) is 0 Å². The molecule has 1 amide bonds. The van der Waals surface area contributed by atoms with Crippen LogP contribution in [0.25, 0.3) is 0 Å². The number of hydrogen-bond acceptors (Lipinski definition) is 4. The molecule has 5 nitrogen and oxygen atoms in total. The Balaban J connectivity index is 1.56. The molecule has 1 N–H and O–H groups in total. The lowest BCUT2D eigenvalue weighted by molar-refractivity contribution is 0.0948. The van der Waals surface area contributed by atoms with Crippen molar-refractivity contribution in [2.45, 2.75) is 59.0 Å². The highest BCUT2D eigenvalue weighted by atomic mass is 16.5. The van der Waals surface area contributed by atoms with Crippen molar-refractivity contribution in [2.75, 3.05) is 13.1 Å². The Morgan fingerprint density at radius 2 is 1.81 bits per heavy atom. The molecule has 1 aliphatic rings. The molecule has 1 saturated heterocycles. The maximum Gasteiger partial charge on any atom is 0.257 e. The van der Waals surface area contributed by atoms with Crippen LogP contribution in [0.1, 0.15) is 72.0 Å². The highest BCUT2D eigenvalue weighted by Crippen LogP contribution is 2.22. The van der Waals surface area contributed by atoms with Crippen LogP contribution < -0.4 is 5.32 Å². The van der Waals surface area contributed by atoms with E-state index >= 15 is 0 Å². The van der Waals surface area contributed by atoms with Gasteiger partial charge in [0.1, 0.15) is 5.56 Å². The summed E-state index contributed by atoms with van der Waals surface area (Å²) in [4.78, 5) is 15.1. The quantitative estimate of drug-likeness (QED) is 0.850. The van der Waals surface area contributed by atoms with Gasteiger partial charge in [0, 0.05) is 19.0 Å².